The van der Waals surface area contributed by atoms with E-state index >= 15 is 0 Å². The Hall–Kier alpha value is -1.91. The molecule has 15 heavy (non-hydrogen) atoms. The highest BCUT2D eigenvalue weighted by Gasteiger charge is 2.15. The van der Waals surface area contributed by atoms with Crippen LogP contribution in [0, 0.1) is 0 Å². The predicted molar refractivity (Wildman–Crippen MR) is 51.3 cm³/mol. The van der Waals surface area contributed by atoms with Gasteiger partial charge in [0.1, 0.15) is 5.69 Å². The van der Waals surface area contributed by atoms with E-state index in [9.17, 15) is 8.78 Å². The van der Waals surface area contributed by atoms with E-state index in [2.05, 4.69) is 9.68 Å². The van der Waals surface area contributed by atoms with Crippen LogP contribution in [0.3, 0.4) is 0 Å². The molecule has 0 bridgehead atoms. The Morgan fingerprint density at radius 1 is 1.27 bits per heavy atom. The number of nitrogen functional groups attached to an aromatic ring is 1. The van der Waals surface area contributed by atoms with Crippen molar-refractivity contribution < 1.29 is 13.3 Å². The topological polar surface area (TPSA) is 52.0 Å². The standard InChI is InChI=1S/C10H8F2N2O/c11-10(12)7-4-2-1-3-6(7)8-5-9(13)15-14-8/h1-5,10H,13H2. The molecule has 0 saturated heterocycles. The Bertz CT molecular complexity index is 468. The van der Waals surface area contributed by atoms with Gasteiger partial charge >= 0.3 is 0 Å². The monoisotopic (exact) mass is 210 g/mol. The molecule has 0 radical (unpaired) electrons. The fraction of sp³-hybridized carbons (Fsp3) is 0.100. The molecule has 3 nitrogen and oxygen atoms in total. The first kappa shape index (κ1) is 9.64. The molecule has 78 valence electrons. The SMILES string of the molecule is Nc1cc(-c2ccccc2C(F)F)no1. The molecule has 0 aliphatic heterocycles. The van der Waals surface area contributed by atoms with Crippen molar-refractivity contribution in [1.82, 2.24) is 5.16 Å². The Labute approximate surface area is 84.5 Å². The third-order valence-electron chi connectivity index (χ3n) is 2.00. The number of hydrogen-bond acceptors (Lipinski definition) is 3. The number of halogens is 2. The first-order valence-electron chi connectivity index (χ1n) is 4.28. The normalized spacial score (nSPS) is 10.9. The van der Waals surface area contributed by atoms with Crippen molar-refractivity contribution in [3.8, 4) is 11.3 Å². The quantitative estimate of drug-likeness (QED) is 0.829. The van der Waals surface area contributed by atoms with Crippen molar-refractivity contribution >= 4 is 5.88 Å². The molecule has 1 aromatic heterocycles. The summed E-state index contributed by atoms with van der Waals surface area (Å²) in [6, 6.07) is 7.53. The predicted octanol–water partition coefficient (Wildman–Crippen LogP) is 2.86. The minimum absolute atomic E-state index is 0.0780. The van der Waals surface area contributed by atoms with Crippen LogP contribution in [-0.4, -0.2) is 5.16 Å². The summed E-state index contributed by atoms with van der Waals surface area (Å²) in [5.41, 5.74) is 5.91. The number of anilines is 1. The molecule has 0 aliphatic rings. The van der Waals surface area contributed by atoms with Crippen LogP contribution in [0.1, 0.15) is 12.0 Å². The molecule has 2 N–H and O–H groups in total. The fourth-order valence-corrected chi connectivity index (χ4v) is 1.34. The number of benzene rings is 1. The summed E-state index contributed by atoms with van der Waals surface area (Å²) in [4.78, 5) is 0. The van der Waals surface area contributed by atoms with Gasteiger partial charge in [0.25, 0.3) is 6.43 Å². The molecule has 1 heterocycles. The Balaban J connectivity index is 2.52. The van der Waals surface area contributed by atoms with Gasteiger partial charge < -0.3 is 10.3 Å². The maximum atomic E-state index is 12.6. The highest BCUT2D eigenvalue weighted by molar-refractivity contribution is 5.65. The summed E-state index contributed by atoms with van der Waals surface area (Å²) < 4.78 is 29.9. The average Bonchev–Trinajstić information content (AvgIpc) is 2.65. The molecule has 0 saturated carbocycles. The van der Waals surface area contributed by atoms with E-state index in [0.29, 0.717) is 11.3 Å². The van der Waals surface area contributed by atoms with Gasteiger partial charge in [-0.25, -0.2) is 8.78 Å². The van der Waals surface area contributed by atoms with Crippen LogP contribution >= 0.6 is 0 Å². The minimum Gasteiger partial charge on any atom is -0.368 e. The van der Waals surface area contributed by atoms with Gasteiger partial charge in [0.05, 0.1) is 0 Å². The van der Waals surface area contributed by atoms with E-state index in [4.69, 9.17) is 5.73 Å². The highest BCUT2D eigenvalue weighted by Crippen LogP contribution is 2.30. The van der Waals surface area contributed by atoms with E-state index < -0.39 is 6.43 Å². The summed E-state index contributed by atoms with van der Waals surface area (Å²) in [7, 11) is 0. The lowest BCUT2D eigenvalue weighted by Gasteiger charge is -2.04. The molecule has 5 heteroatoms. The lowest BCUT2D eigenvalue weighted by Crippen LogP contribution is -1.89. The second-order valence-corrected chi connectivity index (χ2v) is 3.00. The molecule has 1 aromatic carbocycles. The number of aromatic nitrogens is 1. The molecule has 0 fully saturated rings. The van der Waals surface area contributed by atoms with Crippen LogP contribution in [-0.2, 0) is 0 Å². The molecule has 2 rings (SSSR count). The van der Waals surface area contributed by atoms with Crippen LogP contribution < -0.4 is 5.73 Å². The Morgan fingerprint density at radius 2 is 2.00 bits per heavy atom. The van der Waals surface area contributed by atoms with Gasteiger partial charge in [-0.15, -0.1) is 0 Å². The second kappa shape index (κ2) is 3.68. The zero-order chi connectivity index (χ0) is 10.8. The third kappa shape index (κ3) is 1.81. The molecule has 0 spiro atoms. The molecule has 2 aromatic rings. The smallest absolute Gasteiger partial charge is 0.264 e. The van der Waals surface area contributed by atoms with Crippen molar-refractivity contribution in [2.24, 2.45) is 0 Å². The van der Waals surface area contributed by atoms with Gasteiger partial charge in [0.2, 0.25) is 5.88 Å². The van der Waals surface area contributed by atoms with Crippen molar-refractivity contribution in [3.63, 3.8) is 0 Å². The summed E-state index contributed by atoms with van der Waals surface area (Å²) in [5, 5.41) is 3.60. The molecule has 0 aliphatic carbocycles. The van der Waals surface area contributed by atoms with Gasteiger partial charge in [-0.2, -0.15) is 0 Å². The number of nitrogens with two attached hydrogens (primary N) is 1. The number of alkyl halides is 2. The van der Waals surface area contributed by atoms with Crippen LogP contribution in [0.5, 0.6) is 0 Å². The van der Waals surface area contributed by atoms with E-state index in [1.807, 2.05) is 0 Å². The van der Waals surface area contributed by atoms with Crippen LogP contribution in [0.25, 0.3) is 11.3 Å². The third-order valence-corrected chi connectivity index (χ3v) is 2.00. The van der Waals surface area contributed by atoms with Crippen molar-refractivity contribution in [2.45, 2.75) is 6.43 Å². The van der Waals surface area contributed by atoms with E-state index in [0.717, 1.165) is 0 Å². The van der Waals surface area contributed by atoms with E-state index in [-0.39, 0.29) is 11.4 Å². The molecule has 0 unspecified atom stereocenters. The maximum Gasteiger partial charge on any atom is 0.264 e. The summed E-state index contributed by atoms with van der Waals surface area (Å²) in [6.45, 7) is 0. The van der Waals surface area contributed by atoms with E-state index in [1.54, 1.807) is 18.2 Å². The largest absolute Gasteiger partial charge is 0.368 e. The summed E-state index contributed by atoms with van der Waals surface area (Å²) in [6.07, 6.45) is -2.54. The molecular weight excluding hydrogens is 202 g/mol. The van der Waals surface area contributed by atoms with Gasteiger partial charge in [0.15, 0.2) is 0 Å². The summed E-state index contributed by atoms with van der Waals surface area (Å²) in [5.74, 6) is 0.106. The van der Waals surface area contributed by atoms with Gasteiger partial charge in [-0.1, -0.05) is 29.4 Å². The van der Waals surface area contributed by atoms with Gasteiger partial charge in [-0.3, -0.25) is 0 Å². The number of hydrogen-bond donors (Lipinski definition) is 1. The number of rotatable bonds is 2. The van der Waals surface area contributed by atoms with Gasteiger partial charge in [0, 0.05) is 17.2 Å². The zero-order valence-electron chi connectivity index (χ0n) is 7.65. The van der Waals surface area contributed by atoms with Gasteiger partial charge in [-0.05, 0) is 0 Å². The van der Waals surface area contributed by atoms with Crippen molar-refractivity contribution in [1.29, 1.82) is 0 Å². The molecule has 0 amide bonds. The minimum atomic E-state index is -2.54. The van der Waals surface area contributed by atoms with Crippen LogP contribution in [0.15, 0.2) is 34.9 Å². The first-order chi connectivity index (χ1) is 7.18. The summed E-state index contributed by atoms with van der Waals surface area (Å²) >= 11 is 0. The number of nitrogens with zero attached hydrogens (tertiary/aromatic N) is 1. The van der Waals surface area contributed by atoms with Crippen LogP contribution in [0.4, 0.5) is 14.7 Å². The second-order valence-electron chi connectivity index (χ2n) is 3.00. The Morgan fingerprint density at radius 3 is 2.60 bits per heavy atom. The Kier molecular flexibility index (Phi) is 2.37. The van der Waals surface area contributed by atoms with Crippen molar-refractivity contribution in [2.75, 3.05) is 5.73 Å². The fourth-order valence-electron chi connectivity index (χ4n) is 1.34. The molecular formula is C10H8F2N2O. The zero-order valence-corrected chi connectivity index (χ0v) is 7.65. The maximum absolute atomic E-state index is 12.6. The molecule has 0 atom stereocenters. The average molecular weight is 210 g/mol. The lowest BCUT2D eigenvalue weighted by atomic mass is 10.1. The van der Waals surface area contributed by atoms with Crippen molar-refractivity contribution in [3.05, 3.63) is 35.9 Å². The first-order valence-corrected chi connectivity index (χ1v) is 4.28. The highest BCUT2D eigenvalue weighted by atomic mass is 19.3. The van der Waals surface area contributed by atoms with E-state index in [1.165, 1.54) is 12.1 Å². The van der Waals surface area contributed by atoms with Crippen LogP contribution in [0.2, 0.25) is 0 Å². The lowest BCUT2D eigenvalue weighted by molar-refractivity contribution is 0.152.